The Bertz CT molecular complexity index is 507. The van der Waals surface area contributed by atoms with Gasteiger partial charge in [-0.3, -0.25) is 0 Å². The van der Waals surface area contributed by atoms with Gasteiger partial charge in [-0.25, -0.2) is 8.42 Å². The predicted molar refractivity (Wildman–Crippen MR) is 98.8 cm³/mol. The van der Waals surface area contributed by atoms with Crippen molar-refractivity contribution in [2.75, 3.05) is 25.1 Å². The molecule has 3 unspecified atom stereocenters. The molecule has 3 rings (SSSR count). The van der Waals surface area contributed by atoms with E-state index in [-0.39, 0.29) is 5.25 Å². The summed E-state index contributed by atoms with van der Waals surface area (Å²) in [5.41, 5.74) is 0. The van der Waals surface area contributed by atoms with Crippen LogP contribution in [0.2, 0.25) is 0 Å². The largest absolute Gasteiger partial charge is 0.313 e. The summed E-state index contributed by atoms with van der Waals surface area (Å²) in [5, 5.41) is 7.96. The minimum atomic E-state index is -2.86. The van der Waals surface area contributed by atoms with Crippen LogP contribution >= 0.6 is 11.8 Å². The Morgan fingerprint density at radius 1 is 1.04 bits per heavy atom. The standard InChI is InChI=1S/C17H30N2O2S2/c1-23(20,21)16-8-4-13(5-9-16)17-12-18-11-14(19-17)6-7-15-3-2-10-22-15/h6-7,13-19H,2-5,8-12H2,1H3/b7-6+. The van der Waals surface area contributed by atoms with Crippen LogP contribution in [0.3, 0.4) is 0 Å². The first-order valence-corrected chi connectivity index (χ1v) is 12.0. The molecule has 23 heavy (non-hydrogen) atoms. The van der Waals surface area contributed by atoms with Crippen LogP contribution < -0.4 is 10.6 Å². The van der Waals surface area contributed by atoms with E-state index in [0.29, 0.717) is 23.3 Å². The number of piperazine rings is 1. The first kappa shape index (κ1) is 17.8. The minimum Gasteiger partial charge on any atom is -0.313 e. The van der Waals surface area contributed by atoms with Crippen LogP contribution in [0.15, 0.2) is 12.2 Å². The van der Waals surface area contributed by atoms with E-state index in [1.165, 1.54) is 24.9 Å². The number of sulfone groups is 1. The molecule has 1 saturated carbocycles. The van der Waals surface area contributed by atoms with Crippen molar-refractivity contribution in [2.45, 2.75) is 61.1 Å². The highest BCUT2D eigenvalue weighted by molar-refractivity contribution is 8.00. The molecule has 132 valence electrons. The Kier molecular flexibility index (Phi) is 6.10. The van der Waals surface area contributed by atoms with E-state index in [1.807, 2.05) is 0 Å². The average Bonchev–Trinajstić information content (AvgIpc) is 3.06. The smallest absolute Gasteiger partial charge is 0.150 e. The molecule has 0 bridgehead atoms. The molecule has 0 aromatic heterocycles. The van der Waals surface area contributed by atoms with Gasteiger partial charge in [-0.2, -0.15) is 11.8 Å². The second-order valence-corrected chi connectivity index (χ2v) is 11.0. The fraction of sp³-hybridized carbons (Fsp3) is 0.882. The van der Waals surface area contributed by atoms with Crippen molar-refractivity contribution in [1.82, 2.24) is 10.6 Å². The molecule has 2 saturated heterocycles. The number of hydrogen-bond donors (Lipinski definition) is 2. The Labute approximate surface area is 145 Å². The molecular weight excluding hydrogens is 328 g/mol. The van der Waals surface area contributed by atoms with Gasteiger partial charge in [-0.15, -0.1) is 0 Å². The zero-order valence-corrected chi connectivity index (χ0v) is 15.7. The van der Waals surface area contributed by atoms with Crippen LogP contribution in [0.1, 0.15) is 38.5 Å². The molecular formula is C17H30N2O2S2. The predicted octanol–water partition coefficient (Wildman–Crippen LogP) is 1.97. The van der Waals surface area contributed by atoms with E-state index in [4.69, 9.17) is 0 Å². The van der Waals surface area contributed by atoms with Crippen LogP contribution in [0, 0.1) is 5.92 Å². The van der Waals surface area contributed by atoms with Gasteiger partial charge in [-0.1, -0.05) is 12.2 Å². The fourth-order valence-electron chi connectivity index (χ4n) is 4.15. The normalized spacial score (nSPS) is 39.8. The highest BCUT2D eigenvalue weighted by Gasteiger charge is 2.33. The van der Waals surface area contributed by atoms with Crippen LogP contribution in [0.25, 0.3) is 0 Å². The van der Waals surface area contributed by atoms with Gasteiger partial charge in [0, 0.05) is 36.7 Å². The fourth-order valence-corrected chi connectivity index (χ4v) is 6.44. The van der Waals surface area contributed by atoms with Crippen molar-refractivity contribution in [3.05, 3.63) is 12.2 Å². The molecule has 0 spiro atoms. The summed E-state index contributed by atoms with van der Waals surface area (Å²) in [5.74, 6) is 1.91. The third-order valence-corrected chi connectivity index (χ3v) is 8.60. The molecule has 3 aliphatic rings. The van der Waals surface area contributed by atoms with E-state index < -0.39 is 9.84 Å². The van der Waals surface area contributed by atoms with Crippen LogP contribution in [-0.2, 0) is 9.84 Å². The molecule has 2 heterocycles. The highest BCUT2D eigenvalue weighted by Crippen LogP contribution is 2.31. The van der Waals surface area contributed by atoms with Gasteiger partial charge >= 0.3 is 0 Å². The summed E-state index contributed by atoms with van der Waals surface area (Å²) >= 11 is 2.07. The molecule has 2 aliphatic heterocycles. The van der Waals surface area contributed by atoms with Gasteiger partial charge in [0.1, 0.15) is 9.84 Å². The number of rotatable bonds is 4. The number of thioether (sulfide) groups is 1. The van der Waals surface area contributed by atoms with Gasteiger partial charge in [-0.05, 0) is 50.2 Å². The first-order chi connectivity index (χ1) is 11.0. The molecule has 0 radical (unpaired) electrons. The minimum absolute atomic E-state index is 0.106. The van der Waals surface area contributed by atoms with E-state index in [2.05, 4.69) is 34.5 Å². The molecule has 3 atom stereocenters. The van der Waals surface area contributed by atoms with Gasteiger partial charge in [0.2, 0.25) is 0 Å². The van der Waals surface area contributed by atoms with Crippen molar-refractivity contribution in [3.8, 4) is 0 Å². The maximum Gasteiger partial charge on any atom is 0.150 e. The Balaban J connectivity index is 1.49. The van der Waals surface area contributed by atoms with Crippen molar-refractivity contribution >= 4 is 21.6 Å². The van der Waals surface area contributed by atoms with Crippen molar-refractivity contribution in [1.29, 1.82) is 0 Å². The summed E-state index contributed by atoms with van der Waals surface area (Å²) in [6.45, 7) is 2.01. The molecule has 0 aromatic rings. The topological polar surface area (TPSA) is 58.2 Å². The molecule has 1 aliphatic carbocycles. The molecule has 6 heteroatoms. The lowest BCUT2D eigenvalue weighted by Gasteiger charge is -2.38. The highest BCUT2D eigenvalue weighted by atomic mass is 32.2. The quantitative estimate of drug-likeness (QED) is 0.753. The number of hydrogen-bond acceptors (Lipinski definition) is 5. The lowest BCUT2D eigenvalue weighted by Crippen LogP contribution is -2.57. The van der Waals surface area contributed by atoms with Gasteiger partial charge in [0.05, 0.1) is 5.25 Å². The number of nitrogens with one attached hydrogen (secondary N) is 2. The van der Waals surface area contributed by atoms with Crippen LogP contribution in [-0.4, -0.2) is 56.1 Å². The SMILES string of the molecule is CS(=O)(=O)C1CCC(C2CNCC(/C=C/C3CCCS3)N2)CC1. The summed E-state index contributed by atoms with van der Waals surface area (Å²) in [4.78, 5) is 0. The Morgan fingerprint density at radius 3 is 2.48 bits per heavy atom. The molecule has 0 amide bonds. The summed E-state index contributed by atoms with van der Waals surface area (Å²) in [6, 6.07) is 0.901. The zero-order chi connectivity index (χ0) is 16.3. The second-order valence-electron chi connectivity index (χ2n) is 7.34. The summed E-state index contributed by atoms with van der Waals surface area (Å²) in [6.07, 6.45) is 12.5. The molecule has 3 fully saturated rings. The van der Waals surface area contributed by atoms with Crippen molar-refractivity contribution in [3.63, 3.8) is 0 Å². The van der Waals surface area contributed by atoms with Gasteiger partial charge < -0.3 is 10.6 Å². The monoisotopic (exact) mass is 358 g/mol. The summed E-state index contributed by atoms with van der Waals surface area (Å²) in [7, 11) is -2.86. The Hall–Kier alpha value is -0.0400. The van der Waals surface area contributed by atoms with Crippen LogP contribution in [0.5, 0.6) is 0 Å². The second kappa shape index (κ2) is 7.89. The summed E-state index contributed by atoms with van der Waals surface area (Å²) < 4.78 is 23.4. The maximum atomic E-state index is 11.7. The lowest BCUT2D eigenvalue weighted by molar-refractivity contribution is 0.230. The van der Waals surface area contributed by atoms with E-state index in [1.54, 1.807) is 0 Å². The van der Waals surface area contributed by atoms with Crippen molar-refractivity contribution < 1.29 is 8.42 Å². The third kappa shape index (κ3) is 4.97. The van der Waals surface area contributed by atoms with Crippen molar-refractivity contribution in [2.24, 2.45) is 5.92 Å². The van der Waals surface area contributed by atoms with E-state index in [0.717, 1.165) is 38.8 Å². The zero-order valence-electron chi connectivity index (χ0n) is 14.0. The molecule has 2 N–H and O–H groups in total. The van der Waals surface area contributed by atoms with Gasteiger partial charge in [0.15, 0.2) is 0 Å². The van der Waals surface area contributed by atoms with Crippen LogP contribution in [0.4, 0.5) is 0 Å². The third-order valence-electron chi connectivity index (χ3n) is 5.57. The molecule has 0 aromatic carbocycles. The first-order valence-electron chi connectivity index (χ1n) is 8.98. The van der Waals surface area contributed by atoms with Gasteiger partial charge in [0.25, 0.3) is 0 Å². The average molecular weight is 359 g/mol. The Morgan fingerprint density at radius 2 is 1.83 bits per heavy atom. The molecule has 4 nitrogen and oxygen atoms in total. The maximum absolute atomic E-state index is 11.7. The lowest BCUT2D eigenvalue weighted by atomic mass is 9.82. The van der Waals surface area contributed by atoms with E-state index >= 15 is 0 Å². The van der Waals surface area contributed by atoms with E-state index in [9.17, 15) is 8.42 Å².